The summed E-state index contributed by atoms with van der Waals surface area (Å²) < 4.78 is 0.669. The van der Waals surface area contributed by atoms with Crippen LogP contribution in [0.4, 0.5) is 4.79 Å². The lowest BCUT2D eigenvalue weighted by atomic mass is 10.3. The molecule has 0 amide bonds. The highest BCUT2D eigenvalue weighted by atomic mass is 16.4. The number of tetrazole rings is 1. The van der Waals surface area contributed by atoms with Gasteiger partial charge in [0.15, 0.2) is 0 Å². The average Bonchev–Trinajstić information content (AvgIpc) is 2.67. The maximum absolute atomic E-state index is 10.6. The molecule has 2 aromatic rings. The summed E-state index contributed by atoms with van der Waals surface area (Å²) in [6.07, 6.45) is 0.298. The van der Waals surface area contributed by atoms with Gasteiger partial charge in [0.1, 0.15) is 5.69 Å². The first-order chi connectivity index (χ1) is 6.79. The molecule has 2 rings (SSSR count). The van der Waals surface area contributed by atoms with Crippen molar-refractivity contribution in [2.45, 2.75) is 0 Å². The van der Waals surface area contributed by atoms with E-state index >= 15 is 0 Å². The molecule has 0 atom stereocenters. The standard InChI is InChI=1S/C7H5N5O2/c13-7(14)12-6(9-10-11-12)5-3-1-2-4-8-5/h1-4H,(H,13,14). The van der Waals surface area contributed by atoms with Gasteiger partial charge in [0, 0.05) is 6.20 Å². The molecular formula is C7H5N5O2. The second-order valence-corrected chi connectivity index (χ2v) is 2.41. The highest BCUT2D eigenvalue weighted by Gasteiger charge is 2.14. The highest BCUT2D eigenvalue weighted by Crippen LogP contribution is 2.10. The number of carbonyl (C=O) groups is 1. The third-order valence-corrected chi connectivity index (χ3v) is 1.54. The number of aromatic nitrogens is 5. The van der Waals surface area contributed by atoms with Crippen LogP contribution in [0.1, 0.15) is 0 Å². The zero-order valence-electron chi connectivity index (χ0n) is 6.90. The first kappa shape index (κ1) is 8.30. The van der Waals surface area contributed by atoms with E-state index in [2.05, 4.69) is 20.5 Å². The van der Waals surface area contributed by atoms with E-state index in [1.54, 1.807) is 18.2 Å². The Morgan fingerprint density at radius 3 is 2.93 bits per heavy atom. The molecule has 0 aromatic carbocycles. The van der Waals surface area contributed by atoms with Crippen LogP contribution < -0.4 is 0 Å². The van der Waals surface area contributed by atoms with Gasteiger partial charge in [-0.05, 0) is 22.6 Å². The molecule has 14 heavy (non-hydrogen) atoms. The molecule has 0 spiro atoms. The SMILES string of the molecule is O=C(O)n1nnnc1-c1ccccn1. The lowest BCUT2D eigenvalue weighted by Gasteiger charge is -1.96. The molecule has 0 aliphatic heterocycles. The van der Waals surface area contributed by atoms with Crippen molar-refractivity contribution in [3.8, 4) is 11.5 Å². The van der Waals surface area contributed by atoms with Crippen LogP contribution in [0.2, 0.25) is 0 Å². The Kier molecular flexibility index (Phi) is 1.90. The molecule has 70 valence electrons. The van der Waals surface area contributed by atoms with Gasteiger partial charge in [0.25, 0.3) is 0 Å². The fourth-order valence-electron chi connectivity index (χ4n) is 0.971. The van der Waals surface area contributed by atoms with Gasteiger partial charge >= 0.3 is 6.09 Å². The minimum absolute atomic E-state index is 0.109. The van der Waals surface area contributed by atoms with Crippen LogP contribution in [0.3, 0.4) is 0 Å². The Bertz CT molecular complexity index is 452. The molecule has 7 nitrogen and oxygen atoms in total. The number of pyridine rings is 1. The normalized spacial score (nSPS) is 10.0. The Labute approximate surface area is 78.0 Å². The Morgan fingerprint density at radius 2 is 2.29 bits per heavy atom. The van der Waals surface area contributed by atoms with Crippen molar-refractivity contribution in [1.82, 2.24) is 25.2 Å². The topological polar surface area (TPSA) is 93.8 Å². The van der Waals surface area contributed by atoms with Crippen LogP contribution in [0.5, 0.6) is 0 Å². The van der Waals surface area contributed by atoms with E-state index < -0.39 is 6.09 Å². The molecule has 0 saturated carbocycles. The van der Waals surface area contributed by atoms with E-state index in [1.165, 1.54) is 6.20 Å². The summed E-state index contributed by atoms with van der Waals surface area (Å²) in [6, 6.07) is 5.08. The fraction of sp³-hybridized carbons (Fsp3) is 0. The number of carboxylic acid groups (broad SMARTS) is 1. The molecule has 2 heterocycles. The minimum Gasteiger partial charge on any atom is -0.463 e. The highest BCUT2D eigenvalue weighted by molar-refractivity contribution is 5.71. The summed E-state index contributed by atoms with van der Waals surface area (Å²) >= 11 is 0. The van der Waals surface area contributed by atoms with Crippen molar-refractivity contribution in [3.63, 3.8) is 0 Å². The molecule has 0 aliphatic rings. The molecule has 0 radical (unpaired) electrons. The predicted octanol–water partition coefficient (Wildman–Crippen LogP) is 0.261. The summed E-state index contributed by atoms with van der Waals surface area (Å²) in [5.41, 5.74) is 0.417. The lowest BCUT2D eigenvalue weighted by Crippen LogP contribution is -2.11. The van der Waals surface area contributed by atoms with Crippen LogP contribution >= 0.6 is 0 Å². The third-order valence-electron chi connectivity index (χ3n) is 1.54. The Balaban J connectivity index is 2.52. The zero-order chi connectivity index (χ0) is 9.97. The van der Waals surface area contributed by atoms with E-state index in [1.807, 2.05) is 0 Å². The van der Waals surface area contributed by atoms with Crippen molar-refractivity contribution in [3.05, 3.63) is 24.4 Å². The van der Waals surface area contributed by atoms with E-state index in [9.17, 15) is 4.79 Å². The van der Waals surface area contributed by atoms with Gasteiger partial charge in [-0.1, -0.05) is 6.07 Å². The van der Waals surface area contributed by atoms with Gasteiger partial charge in [-0.3, -0.25) is 4.98 Å². The molecule has 0 fully saturated rings. The molecule has 2 aromatic heterocycles. The summed E-state index contributed by atoms with van der Waals surface area (Å²) in [6.45, 7) is 0. The molecule has 1 N–H and O–H groups in total. The number of rotatable bonds is 1. The molecule has 0 unspecified atom stereocenters. The van der Waals surface area contributed by atoms with Crippen LogP contribution in [-0.2, 0) is 0 Å². The van der Waals surface area contributed by atoms with Gasteiger partial charge in [-0.25, -0.2) is 4.79 Å². The van der Waals surface area contributed by atoms with Gasteiger partial charge in [0.2, 0.25) is 5.82 Å². The van der Waals surface area contributed by atoms with Crippen LogP contribution in [0, 0.1) is 0 Å². The summed E-state index contributed by atoms with van der Waals surface area (Å²) in [5.74, 6) is 0.109. The quantitative estimate of drug-likeness (QED) is 0.650. The van der Waals surface area contributed by atoms with Gasteiger partial charge in [0.05, 0.1) is 0 Å². The van der Waals surface area contributed by atoms with Crippen molar-refractivity contribution in [2.75, 3.05) is 0 Å². The summed E-state index contributed by atoms with van der Waals surface area (Å²) in [4.78, 5) is 14.6. The smallest absolute Gasteiger partial charge is 0.435 e. The second kappa shape index (κ2) is 3.21. The van der Waals surface area contributed by atoms with Gasteiger partial charge < -0.3 is 5.11 Å². The monoisotopic (exact) mass is 191 g/mol. The Hall–Kier alpha value is -2.31. The van der Waals surface area contributed by atoms with E-state index in [0.29, 0.717) is 10.4 Å². The van der Waals surface area contributed by atoms with Crippen molar-refractivity contribution < 1.29 is 9.90 Å². The van der Waals surface area contributed by atoms with Crippen LogP contribution in [0.25, 0.3) is 11.5 Å². The lowest BCUT2D eigenvalue weighted by molar-refractivity contribution is 0.192. The molecule has 7 heteroatoms. The number of nitrogens with zero attached hydrogens (tertiary/aromatic N) is 5. The third kappa shape index (κ3) is 1.30. The van der Waals surface area contributed by atoms with Crippen LogP contribution in [-0.4, -0.2) is 36.4 Å². The molecule has 0 saturated heterocycles. The minimum atomic E-state index is -1.24. The van der Waals surface area contributed by atoms with Crippen molar-refractivity contribution in [2.24, 2.45) is 0 Å². The molecule has 0 aliphatic carbocycles. The largest absolute Gasteiger partial charge is 0.463 e. The maximum atomic E-state index is 10.6. The number of hydrogen-bond donors (Lipinski definition) is 1. The number of hydrogen-bond acceptors (Lipinski definition) is 5. The van der Waals surface area contributed by atoms with Crippen molar-refractivity contribution >= 4 is 6.09 Å². The molecule has 0 bridgehead atoms. The first-order valence-corrected chi connectivity index (χ1v) is 3.72. The Morgan fingerprint density at radius 1 is 1.43 bits per heavy atom. The van der Waals surface area contributed by atoms with Gasteiger partial charge in [-0.2, -0.15) is 0 Å². The second-order valence-electron chi connectivity index (χ2n) is 2.41. The van der Waals surface area contributed by atoms with Crippen molar-refractivity contribution in [1.29, 1.82) is 0 Å². The first-order valence-electron chi connectivity index (χ1n) is 3.72. The van der Waals surface area contributed by atoms with Crippen LogP contribution in [0.15, 0.2) is 24.4 Å². The fourth-order valence-corrected chi connectivity index (χ4v) is 0.971. The average molecular weight is 191 g/mol. The predicted molar refractivity (Wildman–Crippen MR) is 44.5 cm³/mol. The summed E-state index contributed by atoms with van der Waals surface area (Å²) in [5, 5.41) is 18.8. The van der Waals surface area contributed by atoms with E-state index in [4.69, 9.17) is 5.11 Å². The van der Waals surface area contributed by atoms with Gasteiger partial charge in [-0.15, -0.1) is 9.78 Å². The van der Waals surface area contributed by atoms with E-state index in [-0.39, 0.29) is 5.82 Å². The maximum Gasteiger partial charge on any atom is 0.435 e. The zero-order valence-corrected chi connectivity index (χ0v) is 6.90. The van der Waals surface area contributed by atoms with E-state index in [0.717, 1.165) is 0 Å². The summed E-state index contributed by atoms with van der Waals surface area (Å²) in [7, 11) is 0. The molecular weight excluding hydrogens is 186 g/mol.